The van der Waals surface area contributed by atoms with Crippen molar-refractivity contribution in [3.63, 3.8) is 0 Å². The van der Waals surface area contributed by atoms with Crippen LogP contribution in [0.5, 0.6) is 5.75 Å². The fraction of sp³-hybridized carbons (Fsp3) is 0.375. The number of benzene rings is 2. The van der Waals surface area contributed by atoms with Crippen LogP contribution in [0.25, 0.3) is 0 Å². The van der Waals surface area contributed by atoms with E-state index in [4.69, 9.17) is 4.74 Å². The topological polar surface area (TPSA) is 87.7 Å². The highest BCUT2D eigenvalue weighted by Gasteiger charge is 2.40. The van der Waals surface area contributed by atoms with Crippen molar-refractivity contribution in [3.05, 3.63) is 65.5 Å². The molecule has 1 spiro atoms. The maximum atomic E-state index is 13.3. The smallest absolute Gasteiger partial charge is 0.255 e. The van der Waals surface area contributed by atoms with Crippen molar-refractivity contribution in [3.8, 4) is 5.75 Å². The van der Waals surface area contributed by atoms with Crippen molar-refractivity contribution < 1.29 is 23.5 Å². The number of ether oxygens (including phenoxy) is 1. The predicted molar refractivity (Wildman–Crippen MR) is 116 cm³/mol. The highest BCUT2D eigenvalue weighted by molar-refractivity contribution is 5.97. The van der Waals surface area contributed by atoms with E-state index in [0.29, 0.717) is 50.2 Å². The van der Waals surface area contributed by atoms with Crippen LogP contribution in [0.4, 0.5) is 4.39 Å². The molecule has 4 rings (SSSR count). The van der Waals surface area contributed by atoms with E-state index >= 15 is 0 Å². The highest BCUT2D eigenvalue weighted by Crippen LogP contribution is 2.33. The zero-order valence-electron chi connectivity index (χ0n) is 17.7. The number of carbonyl (C=O) groups is 3. The van der Waals surface area contributed by atoms with Gasteiger partial charge in [0.05, 0.1) is 18.7 Å². The first-order valence-electron chi connectivity index (χ1n) is 10.8. The van der Waals surface area contributed by atoms with Gasteiger partial charge in [0.15, 0.2) is 0 Å². The maximum absolute atomic E-state index is 13.3. The minimum Gasteiger partial charge on any atom is -0.485 e. The van der Waals surface area contributed by atoms with Crippen LogP contribution in [0.3, 0.4) is 0 Å². The molecule has 2 aliphatic heterocycles. The Labute approximate surface area is 185 Å². The minimum absolute atomic E-state index is 0.0407. The number of hydrogen-bond acceptors (Lipinski definition) is 4. The number of hydrogen-bond donors (Lipinski definition) is 2. The van der Waals surface area contributed by atoms with Gasteiger partial charge in [-0.25, -0.2) is 4.39 Å². The predicted octanol–water partition coefficient (Wildman–Crippen LogP) is 2.06. The van der Waals surface area contributed by atoms with Gasteiger partial charge in [-0.2, -0.15) is 0 Å². The average Bonchev–Trinajstić information content (AvgIpc) is 3.01. The fourth-order valence-electron chi connectivity index (χ4n) is 4.14. The Balaban J connectivity index is 1.33. The Kier molecular flexibility index (Phi) is 6.39. The van der Waals surface area contributed by atoms with Gasteiger partial charge in [-0.3, -0.25) is 14.4 Å². The zero-order valence-corrected chi connectivity index (χ0v) is 17.7. The lowest BCUT2D eigenvalue weighted by molar-refractivity contribution is -0.135. The fourth-order valence-corrected chi connectivity index (χ4v) is 4.14. The van der Waals surface area contributed by atoms with E-state index in [0.717, 1.165) is 5.56 Å². The van der Waals surface area contributed by atoms with E-state index in [-0.39, 0.29) is 36.5 Å². The van der Waals surface area contributed by atoms with Crippen LogP contribution in [0.15, 0.2) is 48.5 Å². The quantitative estimate of drug-likeness (QED) is 0.747. The molecule has 3 amide bonds. The molecule has 1 unspecified atom stereocenters. The van der Waals surface area contributed by atoms with Crippen molar-refractivity contribution in [1.82, 2.24) is 15.5 Å². The van der Waals surface area contributed by atoms with Crippen molar-refractivity contribution in [2.24, 2.45) is 0 Å². The third kappa shape index (κ3) is 5.07. The molecule has 0 bridgehead atoms. The largest absolute Gasteiger partial charge is 0.485 e. The first kappa shape index (κ1) is 21.8. The number of nitrogens with zero attached hydrogens (tertiary/aromatic N) is 1. The molecule has 2 heterocycles. The van der Waals surface area contributed by atoms with Crippen molar-refractivity contribution in [1.29, 1.82) is 0 Å². The number of nitrogens with one attached hydrogen (secondary N) is 2. The number of rotatable bonds is 5. The molecule has 32 heavy (non-hydrogen) atoms. The summed E-state index contributed by atoms with van der Waals surface area (Å²) in [6.45, 7) is 0.983. The van der Waals surface area contributed by atoms with Crippen LogP contribution in [-0.2, 0) is 16.0 Å². The number of para-hydroxylation sites is 1. The summed E-state index contributed by atoms with van der Waals surface area (Å²) in [7, 11) is 0. The van der Waals surface area contributed by atoms with Crippen LogP contribution in [-0.4, -0.2) is 54.4 Å². The van der Waals surface area contributed by atoms with Crippen molar-refractivity contribution in [2.75, 3.05) is 26.2 Å². The van der Waals surface area contributed by atoms with Gasteiger partial charge in [0.1, 0.15) is 17.2 Å². The van der Waals surface area contributed by atoms with E-state index in [1.54, 1.807) is 30.3 Å². The van der Waals surface area contributed by atoms with Gasteiger partial charge >= 0.3 is 0 Å². The average molecular weight is 439 g/mol. The molecule has 0 saturated carbocycles. The van der Waals surface area contributed by atoms with Gasteiger partial charge in [-0.15, -0.1) is 0 Å². The van der Waals surface area contributed by atoms with Crippen LogP contribution in [0.1, 0.15) is 35.2 Å². The molecule has 0 aliphatic carbocycles. The monoisotopic (exact) mass is 439 g/mol. The molecule has 2 aromatic carbocycles. The summed E-state index contributed by atoms with van der Waals surface area (Å²) in [5.41, 5.74) is 0.584. The second-order valence-corrected chi connectivity index (χ2v) is 8.26. The SMILES string of the molecule is O=C(CN1CCC2(CCC1=O)CNC(=O)c1ccccc1O2)NCCc1cccc(F)c1. The molecular weight excluding hydrogens is 413 g/mol. The van der Waals surface area contributed by atoms with E-state index in [1.165, 1.54) is 17.0 Å². The Bertz CT molecular complexity index is 1030. The molecule has 168 valence electrons. The summed E-state index contributed by atoms with van der Waals surface area (Å²) < 4.78 is 19.5. The molecule has 8 heteroatoms. The van der Waals surface area contributed by atoms with E-state index < -0.39 is 5.60 Å². The Hall–Kier alpha value is -3.42. The van der Waals surface area contributed by atoms with Crippen LogP contribution in [0, 0.1) is 5.82 Å². The summed E-state index contributed by atoms with van der Waals surface area (Å²) in [4.78, 5) is 39.0. The number of halogens is 1. The van der Waals surface area contributed by atoms with Gasteiger partial charge in [-0.05, 0) is 42.7 Å². The van der Waals surface area contributed by atoms with E-state index in [2.05, 4.69) is 10.6 Å². The summed E-state index contributed by atoms with van der Waals surface area (Å²) >= 11 is 0. The normalized spacial score (nSPS) is 20.6. The van der Waals surface area contributed by atoms with Crippen LogP contribution < -0.4 is 15.4 Å². The molecular formula is C24H26FN3O4. The van der Waals surface area contributed by atoms with E-state index in [9.17, 15) is 18.8 Å². The number of carbonyl (C=O) groups excluding carboxylic acids is 3. The van der Waals surface area contributed by atoms with Gasteiger partial charge in [0.25, 0.3) is 5.91 Å². The standard InChI is InChI=1S/C24H26FN3O4/c25-18-5-3-4-17(14-18)9-12-26-21(29)15-28-13-11-24(10-8-22(28)30)16-27-23(31)19-6-1-2-7-20(19)32-24/h1-7,14H,8-13,15-16H2,(H,26,29)(H,27,31). The summed E-state index contributed by atoms with van der Waals surface area (Å²) in [6.07, 6.45) is 1.70. The second kappa shape index (κ2) is 9.38. The molecule has 0 aromatic heterocycles. The molecule has 2 N–H and O–H groups in total. The van der Waals surface area contributed by atoms with Gasteiger partial charge in [0.2, 0.25) is 11.8 Å². The van der Waals surface area contributed by atoms with Gasteiger partial charge in [-0.1, -0.05) is 24.3 Å². The molecule has 1 atom stereocenters. The van der Waals surface area contributed by atoms with Crippen molar-refractivity contribution in [2.45, 2.75) is 31.3 Å². The Morgan fingerprint density at radius 1 is 1.16 bits per heavy atom. The minimum atomic E-state index is -0.694. The summed E-state index contributed by atoms with van der Waals surface area (Å²) in [6, 6.07) is 13.3. The lowest BCUT2D eigenvalue weighted by Crippen LogP contribution is -2.46. The third-order valence-corrected chi connectivity index (χ3v) is 5.97. The molecule has 2 aromatic rings. The zero-order chi connectivity index (χ0) is 22.6. The Morgan fingerprint density at radius 3 is 2.84 bits per heavy atom. The number of amides is 3. The van der Waals surface area contributed by atoms with Gasteiger partial charge in [0, 0.05) is 25.9 Å². The molecule has 7 nitrogen and oxygen atoms in total. The molecule has 1 fully saturated rings. The van der Waals surface area contributed by atoms with Crippen molar-refractivity contribution >= 4 is 17.7 Å². The Morgan fingerprint density at radius 2 is 2.00 bits per heavy atom. The first-order valence-corrected chi connectivity index (χ1v) is 10.8. The highest BCUT2D eigenvalue weighted by atomic mass is 19.1. The summed E-state index contributed by atoms with van der Waals surface area (Å²) in [5, 5.41) is 5.70. The van der Waals surface area contributed by atoms with Gasteiger partial charge < -0.3 is 20.3 Å². The third-order valence-electron chi connectivity index (χ3n) is 5.97. The first-order chi connectivity index (χ1) is 15.4. The number of fused-ring (bicyclic) bond motifs is 1. The number of likely N-dealkylation sites (tertiary alicyclic amines) is 1. The van der Waals surface area contributed by atoms with Crippen LogP contribution >= 0.6 is 0 Å². The molecule has 1 saturated heterocycles. The van der Waals surface area contributed by atoms with E-state index in [1.807, 2.05) is 6.07 Å². The molecule has 2 aliphatic rings. The summed E-state index contributed by atoms with van der Waals surface area (Å²) in [5.74, 6) is -0.362. The van der Waals surface area contributed by atoms with Crippen LogP contribution in [0.2, 0.25) is 0 Å². The lowest BCUT2D eigenvalue weighted by atomic mass is 9.94. The maximum Gasteiger partial charge on any atom is 0.255 e. The molecule has 0 radical (unpaired) electrons. The lowest BCUT2D eigenvalue weighted by Gasteiger charge is -2.32. The second-order valence-electron chi connectivity index (χ2n) is 8.26.